The highest BCUT2D eigenvalue weighted by atomic mass is 32.2. The minimum Gasteiger partial charge on any atom is -0.372 e. The summed E-state index contributed by atoms with van der Waals surface area (Å²) in [6.07, 6.45) is 2.24. The minimum atomic E-state index is -0.864. The zero-order valence-electron chi connectivity index (χ0n) is 9.95. The molecule has 17 heavy (non-hydrogen) atoms. The Kier molecular flexibility index (Phi) is 3.47. The number of amides is 1. The molecule has 1 aliphatic heterocycles. The summed E-state index contributed by atoms with van der Waals surface area (Å²) in [6, 6.07) is 5.57. The van der Waals surface area contributed by atoms with Crippen molar-refractivity contribution in [2.24, 2.45) is 0 Å². The fourth-order valence-electron chi connectivity index (χ4n) is 1.85. The Morgan fingerprint density at radius 1 is 1.35 bits per heavy atom. The Hall–Kier alpha value is -1.36. The smallest absolute Gasteiger partial charge is 0.246 e. The second-order valence-electron chi connectivity index (χ2n) is 4.30. The molecule has 0 radical (unpaired) electrons. The summed E-state index contributed by atoms with van der Waals surface area (Å²) in [6.45, 7) is 2.01. The average Bonchev–Trinajstić information content (AvgIpc) is 2.26. The molecule has 1 aromatic carbocycles. The molecule has 0 aliphatic carbocycles. The van der Waals surface area contributed by atoms with E-state index in [0.717, 1.165) is 16.9 Å². The molecule has 0 saturated heterocycles. The summed E-state index contributed by atoms with van der Waals surface area (Å²) in [7, 11) is -0.864. The Morgan fingerprint density at radius 2 is 2.12 bits per heavy atom. The largest absolute Gasteiger partial charge is 0.372 e. The van der Waals surface area contributed by atoms with Crippen LogP contribution in [0.25, 0.3) is 0 Å². The quantitative estimate of drug-likeness (QED) is 0.857. The number of fused-ring (bicyclic) bond motifs is 1. The number of aryl methyl sites for hydroxylation is 1. The third-order valence-electron chi connectivity index (χ3n) is 2.77. The van der Waals surface area contributed by atoms with Crippen LogP contribution in [0, 0.1) is 6.92 Å². The van der Waals surface area contributed by atoms with Gasteiger partial charge in [-0.05, 0) is 31.0 Å². The fourth-order valence-corrected chi connectivity index (χ4v) is 2.41. The molecule has 0 fully saturated rings. The number of hydrogen-bond acceptors (Lipinski definition) is 3. The zero-order chi connectivity index (χ0) is 12.4. The van der Waals surface area contributed by atoms with E-state index in [0.29, 0.717) is 12.2 Å². The van der Waals surface area contributed by atoms with Gasteiger partial charge in [0.05, 0.1) is 11.4 Å². The third-order valence-corrected chi connectivity index (χ3v) is 3.58. The van der Waals surface area contributed by atoms with Crippen molar-refractivity contribution in [3.8, 4) is 0 Å². The average molecular weight is 252 g/mol. The lowest BCUT2D eigenvalue weighted by molar-refractivity contribution is -0.117. The summed E-state index contributed by atoms with van der Waals surface area (Å²) < 4.78 is 11.0. The first-order valence-electron chi connectivity index (χ1n) is 5.54. The molecule has 92 valence electrons. The molecule has 0 aromatic heterocycles. The number of benzene rings is 1. The van der Waals surface area contributed by atoms with E-state index < -0.39 is 10.8 Å². The van der Waals surface area contributed by atoms with Crippen LogP contribution >= 0.6 is 0 Å². The van der Waals surface area contributed by atoms with Gasteiger partial charge in [0.25, 0.3) is 0 Å². The second-order valence-corrected chi connectivity index (χ2v) is 5.86. The van der Waals surface area contributed by atoms with Crippen LogP contribution in [-0.4, -0.2) is 28.2 Å². The van der Waals surface area contributed by atoms with E-state index in [1.807, 2.05) is 25.1 Å². The highest BCUT2D eigenvalue weighted by Crippen LogP contribution is 2.28. The lowest BCUT2D eigenvalue weighted by Gasteiger charge is -2.26. The van der Waals surface area contributed by atoms with Gasteiger partial charge in [-0.2, -0.15) is 0 Å². The minimum absolute atomic E-state index is 0.0493. The van der Waals surface area contributed by atoms with Gasteiger partial charge in [-0.25, -0.2) is 0 Å². The van der Waals surface area contributed by atoms with E-state index in [1.54, 1.807) is 6.26 Å². The second kappa shape index (κ2) is 4.87. The van der Waals surface area contributed by atoms with E-state index in [9.17, 15) is 9.00 Å². The molecule has 2 rings (SSSR count). The molecule has 1 aliphatic rings. The molecular formula is C12H16N2O2S. The van der Waals surface area contributed by atoms with Crippen molar-refractivity contribution in [2.45, 2.75) is 19.4 Å². The standard InChI is InChI=1S/C12H16N2O2S/c1-8-3-4-9-11(7-8)13-10(12(15)14-9)5-6-17(2)16/h3-4,7,10,13H,5-6H2,1-2H3,(H,14,15). The summed E-state index contributed by atoms with van der Waals surface area (Å²) in [5.74, 6) is 0.485. The van der Waals surface area contributed by atoms with E-state index in [-0.39, 0.29) is 11.9 Å². The van der Waals surface area contributed by atoms with E-state index in [4.69, 9.17) is 0 Å². The Labute approximate surface area is 103 Å². The Balaban J connectivity index is 2.14. The topological polar surface area (TPSA) is 58.2 Å². The fraction of sp³-hybridized carbons (Fsp3) is 0.417. The molecule has 0 saturated carbocycles. The van der Waals surface area contributed by atoms with Gasteiger partial charge in [0, 0.05) is 22.8 Å². The Bertz CT molecular complexity index is 474. The molecule has 2 N–H and O–H groups in total. The van der Waals surface area contributed by atoms with Gasteiger partial charge in [0.15, 0.2) is 0 Å². The molecule has 0 bridgehead atoms. The summed E-state index contributed by atoms with van der Waals surface area (Å²) in [5, 5.41) is 6.06. The first-order chi connectivity index (χ1) is 8.06. The molecule has 1 amide bonds. The van der Waals surface area contributed by atoms with E-state index in [1.165, 1.54) is 0 Å². The highest BCUT2D eigenvalue weighted by molar-refractivity contribution is 7.84. The maximum atomic E-state index is 11.8. The number of carbonyl (C=O) groups is 1. The van der Waals surface area contributed by atoms with Crippen LogP contribution < -0.4 is 10.6 Å². The zero-order valence-corrected chi connectivity index (χ0v) is 10.8. The number of hydrogen-bond donors (Lipinski definition) is 2. The van der Waals surface area contributed by atoms with Gasteiger partial charge >= 0.3 is 0 Å². The van der Waals surface area contributed by atoms with Crippen molar-refractivity contribution in [1.82, 2.24) is 0 Å². The van der Waals surface area contributed by atoms with Crippen LogP contribution in [0.4, 0.5) is 11.4 Å². The first-order valence-corrected chi connectivity index (χ1v) is 7.27. The van der Waals surface area contributed by atoms with Crippen LogP contribution in [0.15, 0.2) is 18.2 Å². The van der Waals surface area contributed by atoms with E-state index >= 15 is 0 Å². The van der Waals surface area contributed by atoms with Crippen molar-refractivity contribution in [2.75, 3.05) is 22.6 Å². The van der Waals surface area contributed by atoms with Crippen LogP contribution in [0.3, 0.4) is 0 Å². The normalized spacial score (nSPS) is 20.1. The number of rotatable bonds is 3. The molecule has 1 heterocycles. The number of nitrogens with one attached hydrogen (secondary N) is 2. The van der Waals surface area contributed by atoms with Gasteiger partial charge in [0.1, 0.15) is 6.04 Å². The van der Waals surface area contributed by atoms with E-state index in [2.05, 4.69) is 10.6 Å². The van der Waals surface area contributed by atoms with Crippen molar-refractivity contribution < 1.29 is 9.00 Å². The molecule has 2 unspecified atom stereocenters. The molecule has 2 atom stereocenters. The predicted molar refractivity (Wildman–Crippen MR) is 70.8 cm³/mol. The maximum absolute atomic E-state index is 11.8. The molecule has 4 nitrogen and oxygen atoms in total. The van der Waals surface area contributed by atoms with Crippen LogP contribution in [-0.2, 0) is 15.6 Å². The van der Waals surface area contributed by atoms with Crippen molar-refractivity contribution in [3.63, 3.8) is 0 Å². The van der Waals surface area contributed by atoms with Crippen LogP contribution in [0.2, 0.25) is 0 Å². The van der Waals surface area contributed by atoms with Gasteiger partial charge in [-0.15, -0.1) is 0 Å². The van der Waals surface area contributed by atoms with Gasteiger partial charge < -0.3 is 10.6 Å². The summed E-state index contributed by atoms with van der Waals surface area (Å²) in [4.78, 5) is 11.8. The van der Waals surface area contributed by atoms with Crippen molar-refractivity contribution >= 4 is 28.1 Å². The molecule has 1 aromatic rings. The van der Waals surface area contributed by atoms with Crippen molar-refractivity contribution in [1.29, 1.82) is 0 Å². The van der Waals surface area contributed by atoms with Gasteiger partial charge in [-0.3, -0.25) is 9.00 Å². The number of anilines is 2. The van der Waals surface area contributed by atoms with Crippen molar-refractivity contribution in [3.05, 3.63) is 23.8 Å². The molecule has 5 heteroatoms. The molecular weight excluding hydrogens is 236 g/mol. The van der Waals surface area contributed by atoms with Crippen LogP contribution in [0.1, 0.15) is 12.0 Å². The summed E-state index contributed by atoms with van der Waals surface area (Å²) >= 11 is 0. The first kappa shape index (κ1) is 12.1. The third kappa shape index (κ3) is 2.85. The predicted octanol–water partition coefficient (Wildman–Crippen LogP) is 1.50. The van der Waals surface area contributed by atoms with Crippen LogP contribution in [0.5, 0.6) is 0 Å². The monoisotopic (exact) mass is 252 g/mol. The van der Waals surface area contributed by atoms with Gasteiger partial charge in [-0.1, -0.05) is 6.07 Å². The number of carbonyl (C=O) groups excluding carboxylic acids is 1. The Morgan fingerprint density at radius 3 is 2.82 bits per heavy atom. The lowest BCUT2D eigenvalue weighted by atomic mass is 10.1. The summed E-state index contributed by atoms with van der Waals surface area (Å²) in [5.41, 5.74) is 2.90. The maximum Gasteiger partial charge on any atom is 0.246 e. The highest BCUT2D eigenvalue weighted by Gasteiger charge is 2.25. The van der Waals surface area contributed by atoms with Gasteiger partial charge in [0.2, 0.25) is 5.91 Å². The SMILES string of the molecule is Cc1ccc2c(c1)NC(CCS(C)=O)C(=O)N2. The lowest BCUT2D eigenvalue weighted by Crippen LogP contribution is -2.39. The molecule has 0 spiro atoms.